The summed E-state index contributed by atoms with van der Waals surface area (Å²) < 4.78 is 49.1. The molecule has 0 fully saturated rings. The highest BCUT2D eigenvalue weighted by Crippen LogP contribution is 2.32. The van der Waals surface area contributed by atoms with E-state index in [1.165, 1.54) is 24.5 Å². The molecule has 0 atom stereocenters. The molecule has 1 amide bonds. The lowest BCUT2D eigenvalue weighted by molar-refractivity contribution is -0.274. The maximum Gasteiger partial charge on any atom is 0.573 e. The predicted molar refractivity (Wildman–Crippen MR) is 124 cm³/mol. The molecule has 3 N–H and O–H groups in total. The zero-order chi connectivity index (χ0) is 25.0. The Morgan fingerprint density at radius 2 is 1.91 bits per heavy atom. The number of amides is 1. The number of carbonyl (C=O) groups is 1. The average molecular weight is 485 g/mol. The topological polar surface area (TPSA) is 104 Å². The van der Waals surface area contributed by atoms with Crippen LogP contribution >= 0.6 is 0 Å². The monoisotopic (exact) mass is 485 g/mol. The number of nitrogens with two attached hydrogens (primary N) is 1. The Morgan fingerprint density at radius 3 is 2.66 bits per heavy atom. The number of hydrogen-bond donors (Lipinski definition) is 2. The molecule has 0 unspecified atom stereocenters. The molecular formula is C24H22F3N5O3. The zero-order valence-corrected chi connectivity index (χ0v) is 18.7. The van der Waals surface area contributed by atoms with Gasteiger partial charge in [-0.15, -0.1) is 13.2 Å². The summed E-state index contributed by atoms with van der Waals surface area (Å²) in [5.41, 5.74) is 8.25. The molecule has 4 rings (SSSR count). The number of fused-ring (bicyclic) bond motifs is 1. The third-order valence-corrected chi connectivity index (χ3v) is 5.08. The number of rotatable bonds is 9. The molecule has 8 nitrogen and oxygen atoms in total. The minimum Gasteiger partial charge on any atom is -0.457 e. The number of benzene rings is 2. The number of aromatic nitrogens is 3. The van der Waals surface area contributed by atoms with E-state index in [-0.39, 0.29) is 23.8 Å². The van der Waals surface area contributed by atoms with Gasteiger partial charge in [-0.1, -0.05) is 6.07 Å². The standard InChI is InChI=1S/C24H22F3N5O3/c1-15-12-16(7-8-20(15)34-17-4-2-5-18(13-17)35-24(25,26)27)31-23-22-19(29-14-30-23)9-11-32(22)10-3-6-21(28)33/h2,4-5,7-9,11-14H,3,6,10H2,1H3,(H2,28,33)(H,29,30,31). The molecule has 0 radical (unpaired) electrons. The molecule has 0 spiro atoms. The summed E-state index contributed by atoms with van der Waals surface area (Å²) in [5.74, 6) is 0.555. The van der Waals surface area contributed by atoms with Gasteiger partial charge in [0, 0.05) is 30.9 Å². The molecule has 0 bridgehead atoms. The van der Waals surface area contributed by atoms with Gasteiger partial charge in [-0.3, -0.25) is 4.79 Å². The van der Waals surface area contributed by atoms with E-state index in [1.807, 2.05) is 29.8 Å². The SMILES string of the molecule is Cc1cc(Nc2ncnc3ccn(CCCC(N)=O)c23)ccc1Oc1cccc(OC(F)(F)F)c1. The largest absolute Gasteiger partial charge is 0.573 e. The van der Waals surface area contributed by atoms with Gasteiger partial charge in [0.15, 0.2) is 5.82 Å². The normalized spacial score (nSPS) is 11.4. The van der Waals surface area contributed by atoms with Crippen molar-refractivity contribution in [3.05, 3.63) is 66.6 Å². The molecule has 35 heavy (non-hydrogen) atoms. The Balaban J connectivity index is 1.51. The van der Waals surface area contributed by atoms with Crippen LogP contribution in [0.2, 0.25) is 0 Å². The fraction of sp³-hybridized carbons (Fsp3) is 0.208. The number of halogens is 3. The third-order valence-electron chi connectivity index (χ3n) is 5.08. The van der Waals surface area contributed by atoms with Crippen molar-refractivity contribution in [2.75, 3.05) is 5.32 Å². The van der Waals surface area contributed by atoms with Crippen molar-refractivity contribution in [1.29, 1.82) is 0 Å². The first-order chi connectivity index (χ1) is 16.7. The van der Waals surface area contributed by atoms with E-state index in [1.54, 1.807) is 18.2 Å². The Kier molecular flexibility index (Phi) is 6.76. The number of carbonyl (C=O) groups excluding carboxylic acids is 1. The van der Waals surface area contributed by atoms with E-state index in [0.717, 1.165) is 22.3 Å². The highest BCUT2D eigenvalue weighted by molar-refractivity contribution is 5.88. The smallest absolute Gasteiger partial charge is 0.457 e. The van der Waals surface area contributed by atoms with Gasteiger partial charge in [0.25, 0.3) is 0 Å². The highest BCUT2D eigenvalue weighted by Gasteiger charge is 2.31. The first-order valence-electron chi connectivity index (χ1n) is 10.7. The molecule has 2 aromatic heterocycles. The maximum absolute atomic E-state index is 12.5. The summed E-state index contributed by atoms with van der Waals surface area (Å²) in [5, 5.41) is 3.28. The average Bonchev–Trinajstić information content (AvgIpc) is 3.19. The molecule has 0 aliphatic carbocycles. The molecule has 4 aromatic rings. The minimum absolute atomic E-state index is 0.210. The number of primary amides is 1. The number of anilines is 2. The van der Waals surface area contributed by atoms with Crippen molar-refractivity contribution in [2.24, 2.45) is 5.73 Å². The van der Waals surface area contributed by atoms with Crippen LogP contribution in [0.15, 0.2) is 61.1 Å². The van der Waals surface area contributed by atoms with Crippen LogP contribution in [-0.4, -0.2) is 26.8 Å². The molecule has 2 heterocycles. The number of nitrogens with one attached hydrogen (secondary N) is 1. The lowest BCUT2D eigenvalue weighted by Crippen LogP contribution is -2.17. The van der Waals surface area contributed by atoms with Gasteiger partial charge < -0.3 is 25.1 Å². The minimum atomic E-state index is -4.78. The van der Waals surface area contributed by atoms with E-state index >= 15 is 0 Å². The molecule has 0 saturated carbocycles. The molecule has 0 aliphatic rings. The van der Waals surface area contributed by atoms with Crippen molar-refractivity contribution in [1.82, 2.24) is 14.5 Å². The summed E-state index contributed by atoms with van der Waals surface area (Å²) in [6, 6.07) is 12.5. The van der Waals surface area contributed by atoms with Gasteiger partial charge in [0.1, 0.15) is 29.1 Å². The number of aryl methyl sites for hydroxylation is 2. The molecule has 2 aromatic carbocycles. The van der Waals surface area contributed by atoms with Crippen molar-refractivity contribution in [2.45, 2.75) is 32.7 Å². The first-order valence-corrected chi connectivity index (χ1v) is 10.7. The number of alkyl halides is 3. The number of hydrogen-bond acceptors (Lipinski definition) is 6. The van der Waals surface area contributed by atoms with E-state index in [0.29, 0.717) is 24.5 Å². The fourth-order valence-electron chi connectivity index (χ4n) is 3.57. The fourth-order valence-corrected chi connectivity index (χ4v) is 3.57. The summed E-state index contributed by atoms with van der Waals surface area (Å²) in [4.78, 5) is 19.7. The van der Waals surface area contributed by atoms with Crippen molar-refractivity contribution < 1.29 is 27.4 Å². The Morgan fingerprint density at radius 1 is 1.11 bits per heavy atom. The second-order valence-electron chi connectivity index (χ2n) is 7.77. The molecule has 0 saturated heterocycles. The maximum atomic E-state index is 12.5. The molecule has 182 valence electrons. The molecular weight excluding hydrogens is 463 g/mol. The lowest BCUT2D eigenvalue weighted by atomic mass is 10.2. The number of nitrogens with zero attached hydrogens (tertiary/aromatic N) is 3. The van der Waals surface area contributed by atoms with Crippen LogP contribution in [0.5, 0.6) is 17.2 Å². The van der Waals surface area contributed by atoms with Crippen LogP contribution in [0.25, 0.3) is 11.0 Å². The second kappa shape index (κ2) is 9.92. The van der Waals surface area contributed by atoms with Crippen LogP contribution in [0.1, 0.15) is 18.4 Å². The van der Waals surface area contributed by atoms with E-state index in [9.17, 15) is 18.0 Å². The van der Waals surface area contributed by atoms with Gasteiger partial charge in [0.2, 0.25) is 5.91 Å². The van der Waals surface area contributed by atoms with E-state index < -0.39 is 6.36 Å². The Bertz CT molecular complexity index is 1350. The Labute approximate surface area is 198 Å². The third kappa shape index (κ3) is 6.19. The van der Waals surface area contributed by atoms with Crippen LogP contribution in [0.4, 0.5) is 24.7 Å². The number of ether oxygens (including phenoxy) is 2. The van der Waals surface area contributed by atoms with Gasteiger partial charge >= 0.3 is 6.36 Å². The summed E-state index contributed by atoms with van der Waals surface area (Å²) in [6.07, 6.45) is -0.575. The molecule has 0 aliphatic heterocycles. The van der Waals surface area contributed by atoms with Crippen LogP contribution in [-0.2, 0) is 11.3 Å². The predicted octanol–water partition coefficient (Wildman–Crippen LogP) is 5.44. The van der Waals surface area contributed by atoms with Crippen LogP contribution in [0, 0.1) is 6.92 Å². The van der Waals surface area contributed by atoms with Crippen molar-refractivity contribution in [3.8, 4) is 17.2 Å². The first kappa shape index (κ1) is 23.9. The second-order valence-corrected chi connectivity index (χ2v) is 7.77. The van der Waals surface area contributed by atoms with Gasteiger partial charge in [-0.2, -0.15) is 0 Å². The molecule has 11 heteroatoms. The van der Waals surface area contributed by atoms with Gasteiger partial charge in [0.05, 0.1) is 5.52 Å². The van der Waals surface area contributed by atoms with Crippen LogP contribution in [0.3, 0.4) is 0 Å². The van der Waals surface area contributed by atoms with Gasteiger partial charge in [-0.25, -0.2) is 9.97 Å². The summed E-state index contributed by atoms with van der Waals surface area (Å²) >= 11 is 0. The summed E-state index contributed by atoms with van der Waals surface area (Å²) in [6.45, 7) is 2.40. The lowest BCUT2D eigenvalue weighted by Gasteiger charge is -2.14. The highest BCUT2D eigenvalue weighted by atomic mass is 19.4. The van der Waals surface area contributed by atoms with Crippen molar-refractivity contribution in [3.63, 3.8) is 0 Å². The quantitative estimate of drug-likeness (QED) is 0.327. The van der Waals surface area contributed by atoms with Crippen LogP contribution < -0.4 is 20.5 Å². The van der Waals surface area contributed by atoms with E-state index in [4.69, 9.17) is 10.5 Å². The van der Waals surface area contributed by atoms with Gasteiger partial charge in [-0.05, 0) is 55.3 Å². The van der Waals surface area contributed by atoms with Crippen molar-refractivity contribution >= 4 is 28.4 Å². The van der Waals surface area contributed by atoms with E-state index in [2.05, 4.69) is 20.0 Å². The zero-order valence-electron chi connectivity index (χ0n) is 18.7. The Hall–Kier alpha value is -4.28. The summed E-state index contributed by atoms with van der Waals surface area (Å²) in [7, 11) is 0.